The van der Waals surface area contributed by atoms with Gasteiger partial charge in [-0.1, -0.05) is 49.7 Å². The quantitative estimate of drug-likeness (QED) is 0.727. The summed E-state index contributed by atoms with van der Waals surface area (Å²) in [6, 6.07) is 13.8. The topological polar surface area (TPSA) is 67.4 Å². The van der Waals surface area contributed by atoms with Crippen molar-refractivity contribution in [2.75, 3.05) is 13.7 Å². The Morgan fingerprint density at radius 2 is 1.74 bits per heavy atom. The Bertz CT molecular complexity index is 775. The van der Waals surface area contributed by atoms with E-state index in [1.807, 2.05) is 38.1 Å². The number of hydrogen-bond acceptors (Lipinski definition) is 3. The summed E-state index contributed by atoms with van der Waals surface area (Å²) < 4.78 is 5.13. The molecule has 1 unspecified atom stereocenters. The van der Waals surface area contributed by atoms with Crippen LogP contribution in [-0.4, -0.2) is 31.5 Å². The van der Waals surface area contributed by atoms with Crippen LogP contribution in [-0.2, 0) is 11.2 Å². The first-order valence-corrected chi connectivity index (χ1v) is 9.26. The van der Waals surface area contributed by atoms with Crippen LogP contribution in [0.15, 0.2) is 48.5 Å². The highest BCUT2D eigenvalue weighted by molar-refractivity contribution is 6.33. The number of methoxy groups -OCH3 is 1. The molecule has 5 nitrogen and oxygen atoms in total. The molecule has 0 bridgehead atoms. The Labute approximate surface area is 165 Å². The van der Waals surface area contributed by atoms with Crippen molar-refractivity contribution in [1.82, 2.24) is 10.6 Å². The molecule has 0 radical (unpaired) electrons. The molecule has 2 aromatic carbocycles. The summed E-state index contributed by atoms with van der Waals surface area (Å²) in [5.74, 6) is 0.172. The number of ether oxygens (including phenoxy) is 1. The molecule has 6 heteroatoms. The van der Waals surface area contributed by atoms with Crippen molar-refractivity contribution >= 4 is 23.4 Å². The number of hydrogen-bond donors (Lipinski definition) is 2. The van der Waals surface area contributed by atoms with Gasteiger partial charge in [-0.25, -0.2) is 0 Å². The van der Waals surface area contributed by atoms with Crippen molar-refractivity contribution in [3.8, 4) is 5.75 Å². The van der Waals surface area contributed by atoms with Gasteiger partial charge in [0.1, 0.15) is 11.8 Å². The van der Waals surface area contributed by atoms with E-state index in [0.717, 1.165) is 11.3 Å². The van der Waals surface area contributed by atoms with Crippen LogP contribution in [0, 0.1) is 5.92 Å². The van der Waals surface area contributed by atoms with Gasteiger partial charge in [-0.2, -0.15) is 0 Å². The lowest BCUT2D eigenvalue weighted by molar-refractivity contribution is -0.123. The minimum Gasteiger partial charge on any atom is -0.497 e. The zero-order chi connectivity index (χ0) is 19.8. The maximum absolute atomic E-state index is 12.5. The third-order valence-electron chi connectivity index (χ3n) is 4.23. The smallest absolute Gasteiger partial charge is 0.253 e. The van der Waals surface area contributed by atoms with E-state index in [1.54, 1.807) is 31.4 Å². The summed E-state index contributed by atoms with van der Waals surface area (Å²) in [4.78, 5) is 25.0. The van der Waals surface area contributed by atoms with Gasteiger partial charge in [0.2, 0.25) is 5.91 Å². The summed E-state index contributed by atoms with van der Waals surface area (Å²) in [5.41, 5.74) is 1.45. The zero-order valence-electron chi connectivity index (χ0n) is 15.8. The second-order valence-electron chi connectivity index (χ2n) is 6.56. The standard InChI is InChI=1S/C21H25ClN2O3/c1-14(2)19(24-20(25)17-6-4-5-7-18(17)22)21(26)23-13-12-15-8-10-16(27-3)11-9-15/h4-11,14,19H,12-13H2,1-3H3,(H,23,26)(H,24,25). The predicted molar refractivity (Wildman–Crippen MR) is 107 cm³/mol. The van der Waals surface area contributed by atoms with Gasteiger partial charge in [0.15, 0.2) is 0 Å². The van der Waals surface area contributed by atoms with Crippen molar-refractivity contribution in [3.63, 3.8) is 0 Å². The van der Waals surface area contributed by atoms with Crippen LogP contribution in [0.5, 0.6) is 5.75 Å². The Morgan fingerprint density at radius 1 is 1.07 bits per heavy atom. The van der Waals surface area contributed by atoms with Gasteiger partial charge in [0.05, 0.1) is 17.7 Å². The highest BCUT2D eigenvalue weighted by Crippen LogP contribution is 2.15. The first-order chi connectivity index (χ1) is 12.9. The van der Waals surface area contributed by atoms with E-state index >= 15 is 0 Å². The first kappa shape index (κ1) is 20.8. The van der Waals surface area contributed by atoms with Crippen molar-refractivity contribution < 1.29 is 14.3 Å². The number of carbonyl (C=O) groups excluding carboxylic acids is 2. The molecule has 0 heterocycles. The maximum Gasteiger partial charge on any atom is 0.253 e. The highest BCUT2D eigenvalue weighted by atomic mass is 35.5. The third-order valence-corrected chi connectivity index (χ3v) is 4.56. The van der Waals surface area contributed by atoms with Gasteiger partial charge in [-0.05, 0) is 42.2 Å². The molecule has 2 amide bonds. The van der Waals surface area contributed by atoms with E-state index in [2.05, 4.69) is 10.6 Å². The van der Waals surface area contributed by atoms with Crippen LogP contribution >= 0.6 is 11.6 Å². The van der Waals surface area contributed by atoms with E-state index in [0.29, 0.717) is 23.6 Å². The summed E-state index contributed by atoms with van der Waals surface area (Å²) in [5, 5.41) is 6.04. The van der Waals surface area contributed by atoms with E-state index in [1.165, 1.54) is 0 Å². The zero-order valence-corrected chi connectivity index (χ0v) is 16.5. The van der Waals surface area contributed by atoms with Crippen molar-refractivity contribution in [2.45, 2.75) is 26.3 Å². The van der Waals surface area contributed by atoms with Gasteiger partial charge in [-0.3, -0.25) is 9.59 Å². The number of nitrogens with one attached hydrogen (secondary N) is 2. The second-order valence-corrected chi connectivity index (χ2v) is 6.97. The largest absolute Gasteiger partial charge is 0.497 e. The Hall–Kier alpha value is -2.53. The molecule has 0 saturated heterocycles. The van der Waals surface area contributed by atoms with Crippen LogP contribution in [0.2, 0.25) is 5.02 Å². The molecule has 0 aromatic heterocycles. The van der Waals surface area contributed by atoms with E-state index in [4.69, 9.17) is 16.3 Å². The lowest BCUT2D eigenvalue weighted by Crippen LogP contribution is -2.50. The molecule has 0 aliphatic heterocycles. The summed E-state index contributed by atoms with van der Waals surface area (Å²) in [6.07, 6.45) is 0.693. The number of halogens is 1. The molecule has 0 aliphatic rings. The fraction of sp³-hybridized carbons (Fsp3) is 0.333. The molecule has 0 fully saturated rings. The molecular weight excluding hydrogens is 364 g/mol. The number of benzene rings is 2. The Morgan fingerprint density at radius 3 is 2.33 bits per heavy atom. The number of carbonyl (C=O) groups is 2. The molecule has 2 rings (SSSR count). The molecular formula is C21H25ClN2O3. The highest BCUT2D eigenvalue weighted by Gasteiger charge is 2.25. The first-order valence-electron chi connectivity index (χ1n) is 8.88. The van der Waals surface area contributed by atoms with Crippen molar-refractivity contribution in [3.05, 3.63) is 64.7 Å². The van der Waals surface area contributed by atoms with Gasteiger partial charge < -0.3 is 15.4 Å². The summed E-state index contributed by atoms with van der Waals surface area (Å²) in [6.45, 7) is 4.26. The number of rotatable bonds is 8. The Kier molecular flexibility index (Phi) is 7.67. The van der Waals surface area contributed by atoms with Gasteiger partial charge in [0.25, 0.3) is 5.91 Å². The molecule has 144 valence electrons. The summed E-state index contributed by atoms with van der Waals surface area (Å²) >= 11 is 6.06. The molecule has 2 N–H and O–H groups in total. The monoisotopic (exact) mass is 388 g/mol. The van der Waals surface area contributed by atoms with E-state index in [9.17, 15) is 9.59 Å². The minimum absolute atomic E-state index is 0.0579. The predicted octanol–water partition coefficient (Wildman–Crippen LogP) is 3.46. The average molecular weight is 389 g/mol. The lowest BCUT2D eigenvalue weighted by atomic mass is 10.0. The SMILES string of the molecule is COc1ccc(CCNC(=O)C(NC(=O)c2ccccc2Cl)C(C)C)cc1. The summed E-state index contributed by atoms with van der Waals surface area (Å²) in [7, 11) is 1.62. The van der Waals surface area contributed by atoms with Crippen LogP contribution in [0.1, 0.15) is 29.8 Å². The van der Waals surface area contributed by atoms with Crippen LogP contribution in [0.4, 0.5) is 0 Å². The van der Waals surface area contributed by atoms with Crippen molar-refractivity contribution in [2.24, 2.45) is 5.92 Å². The number of amides is 2. The van der Waals surface area contributed by atoms with Crippen molar-refractivity contribution in [1.29, 1.82) is 0 Å². The fourth-order valence-corrected chi connectivity index (χ4v) is 2.85. The van der Waals surface area contributed by atoms with Crippen LogP contribution in [0.3, 0.4) is 0 Å². The molecule has 27 heavy (non-hydrogen) atoms. The maximum atomic E-state index is 12.5. The van der Waals surface area contributed by atoms with Gasteiger partial charge >= 0.3 is 0 Å². The molecule has 0 spiro atoms. The minimum atomic E-state index is -0.635. The second kappa shape index (κ2) is 9.97. The van der Waals surface area contributed by atoms with Crippen LogP contribution < -0.4 is 15.4 Å². The van der Waals surface area contributed by atoms with E-state index < -0.39 is 6.04 Å². The fourth-order valence-electron chi connectivity index (χ4n) is 2.63. The molecule has 0 saturated carbocycles. The molecule has 2 aromatic rings. The Balaban J connectivity index is 1.92. The van der Waals surface area contributed by atoms with E-state index in [-0.39, 0.29) is 17.7 Å². The van der Waals surface area contributed by atoms with Crippen LogP contribution in [0.25, 0.3) is 0 Å². The molecule has 1 atom stereocenters. The normalized spacial score (nSPS) is 11.7. The lowest BCUT2D eigenvalue weighted by Gasteiger charge is -2.22. The van der Waals surface area contributed by atoms with Gasteiger partial charge in [0, 0.05) is 6.54 Å². The average Bonchev–Trinajstić information content (AvgIpc) is 2.66. The molecule has 0 aliphatic carbocycles. The van der Waals surface area contributed by atoms with Gasteiger partial charge in [-0.15, -0.1) is 0 Å². The third kappa shape index (κ3) is 6.00.